The number of hydrogen-bond acceptors (Lipinski definition) is 6. The van der Waals surface area contributed by atoms with Crippen LogP contribution in [0, 0.1) is 0 Å². The zero-order valence-corrected chi connectivity index (χ0v) is 11.6. The Morgan fingerprint density at radius 2 is 2.35 bits per heavy atom. The predicted molar refractivity (Wildman–Crippen MR) is 70.7 cm³/mol. The van der Waals surface area contributed by atoms with Crippen molar-refractivity contribution in [1.29, 1.82) is 0 Å². The summed E-state index contributed by atoms with van der Waals surface area (Å²) in [5.41, 5.74) is 6.30. The number of aromatic nitrogens is 2. The Bertz CT molecular complexity index is 544. The molecule has 3 N–H and O–H groups in total. The second-order valence-electron chi connectivity index (χ2n) is 2.91. The minimum Gasteiger partial charge on any atom is -0.409 e. The standard InChI is InChI=1S/C9H7BrN4OS2/c10-5-2-1-3-6(7(5)8(11)14-15)16-9-12-4-13-17-9/h1-4,15H,(H2,11,14). The third-order valence-corrected chi connectivity index (χ3v) is 4.31. The lowest BCUT2D eigenvalue weighted by molar-refractivity contribution is 0.318. The smallest absolute Gasteiger partial charge is 0.174 e. The zero-order valence-electron chi connectivity index (χ0n) is 8.37. The number of halogens is 1. The molecule has 1 heterocycles. The molecule has 5 nitrogen and oxygen atoms in total. The van der Waals surface area contributed by atoms with Crippen molar-refractivity contribution >= 4 is 45.1 Å². The second kappa shape index (κ2) is 5.48. The van der Waals surface area contributed by atoms with Crippen molar-refractivity contribution in [3.63, 3.8) is 0 Å². The molecule has 0 aliphatic carbocycles. The molecule has 0 aliphatic heterocycles. The Labute approximate surface area is 114 Å². The van der Waals surface area contributed by atoms with E-state index in [0.29, 0.717) is 5.56 Å². The number of nitrogens with two attached hydrogens (primary N) is 1. The van der Waals surface area contributed by atoms with Gasteiger partial charge in [-0.25, -0.2) is 4.98 Å². The summed E-state index contributed by atoms with van der Waals surface area (Å²) < 4.78 is 5.49. The summed E-state index contributed by atoms with van der Waals surface area (Å²) in [6.07, 6.45) is 1.49. The molecule has 0 aliphatic rings. The Balaban J connectivity index is 2.43. The van der Waals surface area contributed by atoms with Gasteiger partial charge in [0.25, 0.3) is 0 Å². The van der Waals surface area contributed by atoms with Crippen molar-refractivity contribution in [2.24, 2.45) is 10.9 Å². The number of nitrogens with zero attached hydrogens (tertiary/aromatic N) is 3. The molecule has 1 aromatic heterocycles. The molecule has 2 aromatic rings. The summed E-state index contributed by atoms with van der Waals surface area (Å²) in [6, 6.07) is 5.59. The highest BCUT2D eigenvalue weighted by molar-refractivity contribution is 9.10. The molecular weight excluding hydrogens is 324 g/mol. The van der Waals surface area contributed by atoms with Crippen LogP contribution < -0.4 is 5.73 Å². The largest absolute Gasteiger partial charge is 0.409 e. The minimum atomic E-state index is 0.0597. The lowest BCUT2D eigenvalue weighted by Gasteiger charge is -2.07. The van der Waals surface area contributed by atoms with E-state index in [4.69, 9.17) is 10.9 Å². The van der Waals surface area contributed by atoms with Crippen LogP contribution in [0.5, 0.6) is 0 Å². The maximum absolute atomic E-state index is 8.77. The Morgan fingerprint density at radius 1 is 1.53 bits per heavy atom. The van der Waals surface area contributed by atoms with Gasteiger partial charge >= 0.3 is 0 Å². The molecule has 0 fully saturated rings. The minimum absolute atomic E-state index is 0.0597. The van der Waals surface area contributed by atoms with E-state index in [1.807, 2.05) is 18.2 Å². The van der Waals surface area contributed by atoms with Crippen LogP contribution in [0.15, 0.2) is 43.4 Å². The van der Waals surface area contributed by atoms with E-state index in [-0.39, 0.29) is 5.84 Å². The van der Waals surface area contributed by atoms with Gasteiger partial charge in [0.05, 0.1) is 0 Å². The van der Waals surface area contributed by atoms with E-state index in [2.05, 4.69) is 30.4 Å². The molecule has 0 spiro atoms. The molecular formula is C9H7BrN4OS2. The molecule has 8 heteroatoms. The first-order valence-corrected chi connectivity index (χ1v) is 6.81. The number of benzene rings is 1. The van der Waals surface area contributed by atoms with E-state index in [1.165, 1.54) is 29.6 Å². The van der Waals surface area contributed by atoms with Crippen LogP contribution in [0.3, 0.4) is 0 Å². The Hall–Kier alpha value is -1.12. The lowest BCUT2D eigenvalue weighted by atomic mass is 10.2. The van der Waals surface area contributed by atoms with Gasteiger partial charge in [-0.2, -0.15) is 4.37 Å². The highest BCUT2D eigenvalue weighted by atomic mass is 79.9. The summed E-state index contributed by atoms with van der Waals surface area (Å²) >= 11 is 6.09. The zero-order chi connectivity index (χ0) is 12.3. The van der Waals surface area contributed by atoms with Crippen molar-refractivity contribution in [3.8, 4) is 0 Å². The van der Waals surface area contributed by atoms with Crippen LogP contribution in [-0.4, -0.2) is 20.4 Å². The van der Waals surface area contributed by atoms with Crippen molar-refractivity contribution in [1.82, 2.24) is 9.36 Å². The van der Waals surface area contributed by atoms with Gasteiger partial charge in [-0.15, -0.1) is 0 Å². The van der Waals surface area contributed by atoms with Crippen molar-refractivity contribution < 1.29 is 5.21 Å². The molecule has 2 rings (SSSR count). The van der Waals surface area contributed by atoms with Gasteiger partial charge in [-0.05, 0) is 39.6 Å². The van der Waals surface area contributed by atoms with Crippen LogP contribution >= 0.6 is 39.2 Å². The number of oxime groups is 1. The van der Waals surface area contributed by atoms with Crippen molar-refractivity contribution in [2.75, 3.05) is 0 Å². The predicted octanol–water partition coefficient (Wildman–Crippen LogP) is 2.55. The van der Waals surface area contributed by atoms with Crippen LogP contribution in [0.4, 0.5) is 0 Å². The fourth-order valence-corrected chi connectivity index (χ4v) is 3.47. The van der Waals surface area contributed by atoms with Crippen LogP contribution in [0.2, 0.25) is 0 Å². The third-order valence-electron chi connectivity index (χ3n) is 1.88. The molecule has 88 valence electrons. The number of hydrogen-bond donors (Lipinski definition) is 2. The topological polar surface area (TPSA) is 84.4 Å². The van der Waals surface area contributed by atoms with E-state index in [0.717, 1.165) is 13.7 Å². The quantitative estimate of drug-likeness (QED) is 0.391. The van der Waals surface area contributed by atoms with E-state index in [9.17, 15) is 0 Å². The number of rotatable bonds is 3. The van der Waals surface area contributed by atoms with Crippen LogP contribution in [0.1, 0.15) is 5.56 Å². The fourth-order valence-electron chi connectivity index (χ4n) is 1.19. The molecule has 17 heavy (non-hydrogen) atoms. The molecule has 0 amide bonds. The maximum atomic E-state index is 8.77. The monoisotopic (exact) mass is 330 g/mol. The van der Waals surface area contributed by atoms with E-state index in [1.54, 1.807) is 0 Å². The maximum Gasteiger partial charge on any atom is 0.174 e. The van der Waals surface area contributed by atoms with Gasteiger partial charge in [0.15, 0.2) is 10.2 Å². The van der Waals surface area contributed by atoms with Gasteiger partial charge in [0.1, 0.15) is 6.33 Å². The molecule has 1 aromatic carbocycles. The summed E-state index contributed by atoms with van der Waals surface area (Å²) in [4.78, 5) is 4.93. The molecule has 0 atom stereocenters. The molecule has 0 saturated carbocycles. The Morgan fingerprint density at radius 3 is 3.00 bits per heavy atom. The first kappa shape index (κ1) is 12.3. The third kappa shape index (κ3) is 2.76. The summed E-state index contributed by atoms with van der Waals surface area (Å²) in [5.74, 6) is 0.0597. The fraction of sp³-hybridized carbons (Fsp3) is 0. The van der Waals surface area contributed by atoms with Gasteiger partial charge < -0.3 is 10.9 Å². The first-order valence-electron chi connectivity index (χ1n) is 4.43. The molecule has 0 saturated heterocycles. The second-order valence-corrected chi connectivity index (χ2v) is 5.83. The number of amidine groups is 1. The van der Waals surface area contributed by atoms with Crippen LogP contribution in [0.25, 0.3) is 0 Å². The molecule has 0 unspecified atom stereocenters. The highest BCUT2D eigenvalue weighted by Crippen LogP contribution is 2.34. The SMILES string of the molecule is N/C(=N/O)c1c(Br)cccc1Sc1ncns1. The Kier molecular flexibility index (Phi) is 3.97. The van der Waals surface area contributed by atoms with E-state index >= 15 is 0 Å². The van der Waals surface area contributed by atoms with Crippen molar-refractivity contribution in [3.05, 3.63) is 34.6 Å². The molecule has 0 radical (unpaired) electrons. The molecule has 0 bridgehead atoms. The van der Waals surface area contributed by atoms with Gasteiger partial charge in [-0.1, -0.05) is 23.0 Å². The summed E-state index contributed by atoms with van der Waals surface area (Å²) in [5, 5.41) is 11.8. The van der Waals surface area contributed by atoms with E-state index < -0.39 is 0 Å². The van der Waals surface area contributed by atoms with Gasteiger partial charge in [-0.3, -0.25) is 0 Å². The van der Waals surface area contributed by atoms with Gasteiger partial charge in [0.2, 0.25) is 0 Å². The normalized spacial score (nSPS) is 11.7. The van der Waals surface area contributed by atoms with Crippen molar-refractivity contribution in [2.45, 2.75) is 9.24 Å². The van der Waals surface area contributed by atoms with Crippen LogP contribution in [-0.2, 0) is 0 Å². The lowest BCUT2D eigenvalue weighted by Crippen LogP contribution is -2.15. The highest BCUT2D eigenvalue weighted by Gasteiger charge is 2.13. The van der Waals surface area contributed by atoms with Gasteiger partial charge in [0, 0.05) is 14.9 Å². The average molecular weight is 331 g/mol. The average Bonchev–Trinajstić information content (AvgIpc) is 2.81. The first-order chi connectivity index (χ1) is 8.22. The summed E-state index contributed by atoms with van der Waals surface area (Å²) in [6.45, 7) is 0. The summed E-state index contributed by atoms with van der Waals surface area (Å²) in [7, 11) is 0.